The number of amides is 1. The van der Waals surface area contributed by atoms with Crippen LogP contribution < -0.4 is 10.6 Å². The highest BCUT2D eigenvalue weighted by molar-refractivity contribution is 6.35. The second-order valence-electron chi connectivity index (χ2n) is 6.02. The summed E-state index contributed by atoms with van der Waals surface area (Å²) in [6.45, 7) is 7.21. The van der Waals surface area contributed by atoms with Crippen molar-refractivity contribution in [3.8, 4) is 0 Å². The molecule has 24 heavy (non-hydrogen) atoms. The molecule has 2 rings (SSSR count). The van der Waals surface area contributed by atoms with E-state index < -0.39 is 0 Å². The first-order valence-corrected chi connectivity index (χ1v) is 9.02. The smallest absolute Gasteiger partial charge is 0.225 e. The highest BCUT2D eigenvalue weighted by atomic mass is 35.5. The largest absolute Gasteiger partial charge is 0.325 e. The third-order valence-electron chi connectivity index (χ3n) is 4.25. The lowest BCUT2D eigenvalue weighted by molar-refractivity contribution is -0.116. The van der Waals surface area contributed by atoms with E-state index in [1.165, 1.54) is 12.8 Å². The average molecular weight is 395 g/mol. The van der Waals surface area contributed by atoms with Gasteiger partial charge in [0.2, 0.25) is 5.91 Å². The summed E-state index contributed by atoms with van der Waals surface area (Å²) < 4.78 is 0. The molecular weight excluding hydrogens is 369 g/mol. The van der Waals surface area contributed by atoms with E-state index in [4.69, 9.17) is 23.2 Å². The molecule has 1 aromatic rings. The normalized spacial score (nSPS) is 15.8. The lowest BCUT2D eigenvalue weighted by atomic mass is 9.96. The minimum atomic E-state index is -0.0241. The molecule has 0 unspecified atom stereocenters. The molecule has 1 fully saturated rings. The first-order chi connectivity index (χ1) is 11.1. The molecule has 0 saturated carbocycles. The van der Waals surface area contributed by atoms with E-state index in [0.29, 0.717) is 22.2 Å². The summed E-state index contributed by atoms with van der Waals surface area (Å²) in [6.07, 6.45) is 2.88. The number of hydrogen-bond acceptors (Lipinski definition) is 3. The highest BCUT2D eigenvalue weighted by Gasteiger charge is 2.19. The predicted octanol–water partition coefficient (Wildman–Crippen LogP) is 4.07. The van der Waals surface area contributed by atoms with Gasteiger partial charge in [0.15, 0.2) is 0 Å². The molecule has 1 amide bonds. The second kappa shape index (κ2) is 11.2. The first-order valence-electron chi connectivity index (χ1n) is 8.26. The summed E-state index contributed by atoms with van der Waals surface area (Å²) in [6, 6.07) is 5.07. The van der Waals surface area contributed by atoms with E-state index in [9.17, 15) is 4.79 Å². The number of piperidine rings is 1. The number of anilines is 1. The van der Waals surface area contributed by atoms with E-state index in [-0.39, 0.29) is 18.3 Å². The van der Waals surface area contributed by atoms with Gasteiger partial charge in [-0.15, -0.1) is 12.4 Å². The lowest BCUT2D eigenvalue weighted by Gasteiger charge is -2.31. The zero-order valence-electron chi connectivity index (χ0n) is 14.0. The van der Waals surface area contributed by atoms with Crippen LogP contribution in [-0.4, -0.2) is 43.5 Å². The summed E-state index contributed by atoms with van der Waals surface area (Å²) in [5, 5.41) is 7.32. The van der Waals surface area contributed by atoms with Crippen LogP contribution in [0.1, 0.15) is 26.2 Å². The van der Waals surface area contributed by atoms with Gasteiger partial charge in [0, 0.05) is 18.0 Å². The fraction of sp³-hybridized carbons (Fsp3) is 0.588. The van der Waals surface area contributed by atoms with Gasteiger partial charge in [-0.2, -0.15) is 0 Å². The molecule has 4 nitrogen and oxygen atoms in total. The van der Waals surface area contributed by atoms with E-state index >= 15 is 0 Å². The van der Waals surface area contributed by atoms with Crippen LogP contribution >= 0.6 is 35.6 Å². The van der Waals surface area contributed by atoms with Crippen molar-refractivity contribution in [3.63, 3.8) is 0 Å². The third-order valence-corrected chi connectivity index (χ3v) is 4.81. The van der Waals surface area contributed by atoms with Crippen LogP contribution in [0.5, 0.6) is 0 Å². The Kier molecular flexibility index (Phi) is 10.0. The van der Waals surface area contributed by atoms with Gasteiger partial charge in [-0.1, -0.05) is 30.1 Å². The van der Waals surface area contributed by atoms with E-state index in [1.54, 1.807) is 18.2 Å². The van der Waals surface area contributed by atoms with Crippen molar-refractivity contribution in [2.24, 2.45) is 5.92 Å². The molecule has 0 bridgehead atoms. The first kappa shape index (κ1) is 21.5. The van der Waals surface area contributed by atoms with Crippen LogP contribution in [0.3, 0.4) is 0 Å². The van der Waals surface area contributed by atoms with E-state index in [1.807, 2.05) is 0 Å². The van der Waals surface area contributed by atoms with Crippen molar-refractivity contribution in [1.29, 1.82) is 0 Å². The number of hydrogen-bond donors (Lipinski definition) is 2. The summed E-state index contributed by atoms with van der Waals surface area (Å²) in [5.74, 6) is 0.745. The fourth-order valence-electron chi connectivity index (χ4n) is 2.83. The molecule has 0 aliphatic carbocycles. The molecule has 1 aromatic carbocycles. The SMILES string of the molecule is CCNCC1CCN(CCC(=O)Nc2cc(Cl)ccc2Cl)CC1.Cl. The molecule has 0 spiro atoms. The quantitative estimate of drug-likeness (QED) is 0.733. The maximum atomic E-state index is 12.1. The average Bonchev–Trinajstić information content (AvgIpc) is 2.55. The van der Waals surface area contributed by atoms with Crippen molar-refractivity contribution in [2.45, 2.75) is 26.2 Å². The van der Waals surface area contributed by atoms with Gasteiger partial charge in [-0.25, -0.2) is 0 Å². The van der Waals surface area contributed by atoms with Crippen LogP contribution in [0.25, 0.3) is 0 Å². The Bertz CT molecular complexity index is 520. The number of carbonyl (C=O) groups is 1. The molecule has 1 heterocycles. The molecule has 136 valence electrons. The predicted molar refractivity (Wildman–Crippen MR) is 105 cm³/mol. The van der Waals surface area contributed by atoms with Crippen LogP contribution in [0.2, 0.25) is 10.0 Å². The Morgan fingerprint density at radius 3 is 2.67 bits per heavy atom. The number of carbonyl (C=O) groups excluding carboxylic acids is 1. The van der Waals surface area contributed by atoms with Crippen LogP contribution in [0, 0.1) is 5.92 Å². The topological polar surface area (TPSA) is 44.4 Å². The van der Waals surface area contributed by atoms with Gasteiger partial charge >= 0.3 is 0 Å². The number of nitrogens with zero attached hydrogens (tertiary/aromatic N) is 1. The van der Waals surface area contributed by atoms with E-state index in [2.05, 4.69) is 22.5 Å². The van der Waals surface area contributed by atoms with Gasteiger partial charge < -0.3 is 15.5 Å². The molecule has 0 radical (unpaired) electrons. The molecule has 2 N–H and O–H groups in total. The molecule has 0 aromatic heterocycles. The second-order valence-corrected chi connectivity index (χ2v) is 6.86. The van der Waals surface area contributed by atoms with Crippen molar-refractivity contribution in [3.05, 3.63) is 28.2 Å². The number of nitrogens with one attached hydrogen (secondary N) is 2. The minimum Gasteiger partial charge on any atom is -0.325 e. The Labute approximate surface area is 160 Å². The van der Waals surface area contributed by atoms with Gasteiger partial charge in [-0.3, -0.25) is 4.79 Å². The molecule has 1 aliphatic heterocycles. The summed E-state index contributed by atoms with van der Waals surface area (Å²) >= 11 is 12.0. The Morgan fingerprint density at radius 1 is 1.29 bits per heavy atom. The third kappa shape index (κ3) is 7.16. The van der Waals surface area contributed by atoms with Gasteiger partial charge in [0.25, 0.3) is 0 Å². The molecular formula is C17H26Cl3N3O. The summed E-state index contributed by atoms with van der Waals surface area (Å²) in [7, 11) is 0. The van der Waals surface area contributed by atoms with Crippen molar-refractivity contribution >= 4 is 47.2 Å². The van der Waals surface area contributed by atoms with Crippen molar-refractivity contribution < 1.29 is 4.79 Å². The number of benzene rings is 1. The van der Waals surface area contributed by atoms with Crippen LogP contribution in [0.15, 0.2) is 18.2 Å². The van der Waals surface area contributed by atoms with Crippen LogP contribution in [0.4, 0.5) is 5.69 Å². The van der Waals surface area contributed by atoms with E-state index in [0.717, 1.165) is 38.6 Å². The number of halogens is 3. The standard InChI is InChI=1S/C17H25Cl2N3O.ClH/c1-2-20-12-13-5-8-22(9-6-13)10-7-17(23)21-16-11-14(18)3-4-15(16)19;/h3-4,11,13,20H,2,5-10,12H2,1H3,(H,21,23);1H. The minimum absolute atomic E-state index is 0. The molecule has 0 atom stereocenters. The Hall–Kier alpha value is -0.520. The van der Waals surface area contributed by atoms with Gasteiger partial charge in [-0.05, 0) is 63.1 Å². The monoisotopic (exact) mass is 393 g/mol. The maximum absolute atomic E-state index is 12.1. The summed E-state index contributed by atoms with van der Waals surface area (Å²) in [5.41, 5.74) is 0.577. The zero-order chi connectivity index (χ0) is 16.7. The van der Waals surface area contributed by atoms with Gasteiger partial charge in [0.05, 0.1) is 10.7 Å². The zero-order valence-corrected chi connectivity index (χ0v) is 16.3. The molecule has 1 aliphatic rings. The Morgan fingerprint density at radius 2 is 2.00 bits per heavy atom. The Balaban J connectivity index is 0.00000288. The van der Waals surface area contributed by atoms with Crippen LogP contribution in [-0.2, 0) is 4.79 Å². The molecule has 1 saturated heterocycles. The summed E-state index contributed by atoms with van der Waals surface area (Å²) in [4.78, 5) is 14.4. The number of likely N-dealkylation sites (tertiary alicyclic amines) is 1. The fourth-order valence-corrected chi connectivity index (χ4v) is 3.17. The number of rotatable bonds is 7. The molecule has 7 heteroatoms. The highest BCUT2D eigenvalue weighted by Crippen LogP contribution is 2.25. The lowest BCUT2D eigenvalue weighted by Crippen LogP contribution is -2.38. The van der Waals surface area contributed by atoms with Gasteiger partial charge in [0.1, 0.15) is 0 Å². The van der Waals surface area contributed by atoms with Crippen molar-refractivity contribution in [2.75, 3.05) is 38.0 Å². The van der Waals surface area contributed by atoms with Crippen molar-refractivity contribution in [1.82, 2.24) is 10.2 Å². The maximum Gasteiger partial charge on any atom is 0.225 e.